The fourth-order valence-corrected chi connectivity index (χ4v) is 0.704. The van der Waals surface area contributed by atoms with Crippen molar-refractivity contribution in [3.8, 4) is 0 Å². The number of aryl methyl sites for hydroxylation is 1. The first-order chi connectivity index (χ1) is 5.72. The van der Waals surface area contributed by atoms with Gasteiger partial charge in [-0.3, -0.25) is 0 Å². The Balaban J connectivity index is 2.38. The number of hydrogen-bond acceptors (Lipinski definition) is 4. The Hall–Kier alpha value is -1.59. The minimum Gasteiger partial charge on any atom is -0.453 e. The van der Waals surface area contributed by atoms with E-state index in [9.17, 15) is 4.79 Å². The Labute approximate surface area is 69.5 Å². The Morgan fingerprint density at radius 2 is 2.58 bits per heavy atom. The molecule has 0 aliphatic rings. The Morgan fingerprint density at radius 1 is 1.83 bits per heavy atom. The molecule has 0 atom stereocenters. The van der Waals surface area contributed by atoms with Crippen LogP contribution in [0.3, 0.4) is 0 Å². The van der Waals surface area contributed by atoms with Gasteiger partial charge in [0.25, 0.3) is 0 Å². The maximum Gasteiger partial charge on any atom is 0.407 e. The third-order valence-corrected chi connectivity index (χ3v) is 1.25. The first kappa shape index (κ1) is 8.51. The van der Waals surface area contributed by atoms with Gasteiger partial charge in [0.2, 0.25) is 0 Å². The number of alkyl carbamates (subject to hydrolysis) is 1. The van der Waals surface area contributed by atoms with E-state index in [0.717, 1.165) is 0 Å². The van der Waals surface area contributed by atoms with Gasteiger partial charge in [0.05, 0.1) is 19.9 Å². The molecule has 0 aliphatic heterocycles. The molecule has 1 N–H and O–H groups in total. The van der Waals surface area contributed by atoms with E-state index in [0.29, 0.717) is 12.2 Å². The van der Waals surface area contributed by atoms with Crippen molar-refractivity contribution >= 4 is 6.09 Å². The first-order valence-electron chi connectivity index (χ1n) is 3.39. The van der Waals surface area contributed by atoms with E-state index in [1.54, 1.807) is 13.2 Å². The minimum absolute atomic E-state index is 0.334. The number of rotatable bonds is 2. The SMILES string of the molecule is COC(=O)NCc1cnn(C)n1. The number of carbonyl (C=O) groups is 1. The van der Waals surface area contributed by atoms with Crippen molar-refractivity contribution in [1.29, 1.82) is 0 Å². The summed E-state index contributed by atoms with van der Waals surface area (Å²) < 4.78 is 4.37. The summed E-state index contributed by atoms with van der Waals surface area (Å²) in [4.78, 5) is 12.0. The molecule has 1 aromatic rings. The monoisotopic (exact) mass is 170 g/mol. The second-order valence-corrected chi connectivity index (χ2v) is 2.17. The average Bonchev–Trinajstić information content (AvgIpc) is 2.47. The van der Waals surface area contributed by atoms with Gasteiger partial charge in [-0.1, -0.05) is 0 Å². The van der Waals surface area contributed by atoms with Crippen LogP contribution < -0.4 is 5.32 Å². The molecule has 1 heterocycles. The van der Waals surface area contributed by atoms with Gasteiger partial charge < -0.3 is 10.1 Å². The van der Waals surface area contributed by atoms with E-state index in [1.807, 2.05) is 0 Å². The van der Waals surface area contributed by atoms with E-state index in [-0.39, 0.29) is 0 Å². The van der Waals surface area contributed by atoms with E-state index in [1.165, 1.54) is 11.9 Å². The van der Waals surface area contributed by atoms with Crippen LogP contribution in [-0.2, 0) is 18.3 Å². The van der Waals surface area contributed by atoms with Gasteiger partial charge in [0, 0.05) is 7.05 Å². The summed E-state index contributed by atoms with van der Waals surface area (Å²) in [7, 11) is 3.02. The van der Waals surface area contributed by atoms with Crippen LogP contribution in [0.4, 0.5) is 4.79 Å². The van der Waals surface area contributed by atoms with Gasteiger partial charge in [-0.2, -0.15) is 15.0 Å². The Bertz CT molecular complexity index is 270. The second-order valence-electron chi connectivity index (χ2n) is 2.17. The molecule has 0 saturated carbocycles. The molecule has 0 aliphatic carbocycles. The fourth-order valence-electron chi connectivity index (χ4n) is 0.704. The summed E-state index contributed by atoms with van der Waals surface area (Å²) >= 11 is 0. The van der Waals surface area contributed by atoms with E-state index >= 15 is 0 Å². The van der Waals surface area contributed by atoms with Crippen molar-refractivity contribution in [2.45, 2.75) is 6.54 Å². The van der Waals surface area contributed by atoms with Gasteiger partial charge in [0.15, 0.2) is 0 Å². The highest BCUT2D eigenvalue weighted by atomic mass is 16.5. The van der Waals surface area contributed by atoms with Crippen molar-refractivity contribution in [3.63, 3.8) is 0 Å². The highest BCUT2D eigenvalue weighted by Gasteiger charge is 2.00. The molecule has 1 amide bonds. The van der Waals surface area contributed by atoms with Crippen LogP contribution in [0.15, 0.2) is 6.20 Å². The molecule has 1 rings (SSSR count). The number of amides is 1. The maximum absolute atomic E-state index is 10.6. The second kappa shape index (κ2) is 3.70. The van der Waals surface area contributed by atoms with Gasteiger partial charge >= 0.3 is 6.09 Å². The maximum atomic E-state index is 10.6. The lowest BCUT2D eigenvalue weighted by molar-refractivity contribution is 0.170. The number of aromatic nitrogens is 3. The number of ether oxygens (including phenoxy) is 1. The highest BCUT2D eigenvalue weighted by molar-refractivity contribution is 5.66. The zero-order chi connectivity index (χ0) is 8.97. The molecular formula is C6H10N4O2. The van der Waals surface area contributed by atoms with Crippen LogP contribution >= 0.6 is 0 Å². The third kappa shape index (κ3) is 2.22. The molecule has 12 heavy (non-hydrogen) atoms. The molecule has 6 heteroatoms. The van der Waals surface area contributed by atoms with Gasteiger partial charge in [-0.15, -0.1) is 0 Å². The van der Waals surface area contributed by atoms with E-state index < -0.39 is 6.09 Å². The molecule has 6 nitrogen and oxygen atoms in total. The van der Waals surface area contributed by atoms with Crippen LogP contribution in [0.25, 0.3) is 0 Å². The standard InChI is InChI=1S/C6H10N4O2/c1-10-8-4-5(9-10)3-7-6(11)12-2/h4H,3H2,1-2H3,(H,7,11). The number of nitrogens with zero attached hydrogens (tertiary/aromatic N) is 3. The number of hydrogen-bond donors (Lipinski definition) is 1. The van der Waals surface area contributed by atoms with E-state index in [2.05, 4.69) is 20.3 Å². The molecular weight excluding hydrogens is 160 g/mol. The summed E-state index contributed by atoms with van der Waals surface area (Å²) in [5.74, 6) is 0. The van der Waals surface area contributed by atoms with Gasteiger partial charge in [-0.05, 0) is 0 Å². The van der Waals surface area contributed by atoms with Crippen LogP contribution in [-0.4, -0.2) is 28.2 Å². The zero-order valence-corrected chi connectivity index (χ0v) is 6.94. The lowest BCUT2D eigenvalue weighted by Gasteiger charge is -1.98. The Morgan fingerprint density at radius 3 is 3.08 bits per heavy atom. The molecule has 0 radical (unpaired) electrons. The van der Waals surface area contributed by atoms with Crippen molar-refractivity contribution in [2.75, 3.05) is 7.11 Å². The van der Waals surface area contributed by atoms with E-state index in [4.69, 9.17) is 0 Å². The molecule has 66 valence electrons. The van der Waals surface area contributed by atoms with Gasteiger partial charge in [0.1, 0.15) is 5.69 Å². The summed E-state index contributed by atoms with van der Waals surface area (Å²) in [6.07, 6.45) is 1.11. The Kier molecular flexibility index (Phi) is 2.62. The molecule has 0 spiro atoms. The lowest BCUT2D eigenvalue weighted by atomic mass is 10.5. The fraction of sp³-hybridized carbons (Fsp3) is 0.500. The zero-order valence-electron chi connectivity index (χ0n) is 6.94. The largest absolute Gasteiger partial charge is 0.453 e. The predicted molar refractivity (Wildman–Crippen MR) is 40.2 cm³/mol. The van der Waals surface area contributed by atoms with Crippen LogP contribution in [0.5, 0.6) is 0 Å². The highest BCUT2D eigenvalue weighted by Crippen LogP contribution is 1.88. The quantitative estimate of drug-likeness (QED) is 0.659. The first-order valence-corrected chi connectivity index (χ1v) is 3.39. The lowest BCUT2D eigenvalue weighted by Crippen LogP contribution is -2.22. The predicted octanol–water partition coefficient (Wildman–Crippen LogP) is -0.329. The minimum atomic E-state index is -0.472. The topological polar surface area (TPSA) is 69.0 Å². The summed E-state index contributed by atoms with van der Waals surface area (Å²) in [5, 5.41) is 10.3. The molecule has 0 unspecified atom stereocenters. The van der Waals surface area contributed by atoms with Crippen molar-refractivity contribution < 1.29 is 9.53 Å². The smallest absolute Gasteiger partial charge is 0.407 e. The van der Waals surface area contributed by atoms with Crippen LogP contribution in [0.2, 0.25) is 0 Å². The van der Waals surface area contributed by atoms with Crippen molar-refractivity contribution in [2.24, 2.45) is 7.05 Å². The third-order valence-electron chi connectivity index (χ3n) is 1.25. The van der Waals surface area contributed by atoms with Crippen LogP contribution in [0, 0.1) is 0 Å². The molecule has 0 aromatic carbocycles. The average molecular weight is 170 g/mol. The summed E-state index contributed by atoms with van der Waals surface area (Å²) in [6.45, 7) is 0.334. The number of carbonyl (C=O) groups excluding carboxylic acids is 1. The summed E-state index contributed by atoms with van der Waals surface area (Å²) in [6, 6.07) is 0. The van der Waals surface area contributed by atoms with Crippen molar-refractivity contribution in [3.05, 3.63) is 11.9 Å². The normalized spacial score (nSPS) is 9.50. The molecule has 1 aromatic heterocycles. The molecule has 0 saturated heterocycles. The number of methoxy groups -OCH3 is 1. The number of nitrogens with one attached hydrogen (secondary N) is 1. The summed E-state index contributed by atoms with van der Waals surface area (Å²) in [5.41, 5.74) is 0.697. The van der Waals surface area contributed by atoms with Crippen molar-refractivity contribution in [1.82, 2.24) is 20.3 Å². The van der Waals surface area contributed by atoms with Crippen LogP contribution in [0.1, 0.15) is 5.69 Å². The molecule has 0 fully saturated rings. The molecule has 0 bridgehead atoms. The van der Waals surface area contributed by atoms with Gasteiger partial charge in [-0.25, -0.2) is 4.79 Å².